The van der Waals surface area contributed by atoms with Crippen LogP contribution in [0, 0.1) is 0 Å². The molecule has 2 aromatic carbocycles. The van der Waals surface area contributed by atoms with Gasteiger partial charge in [0.15, 0.2) is 0 Å². The van der Waals surface area contributed by atoms with E-state index in [9.17, 15) is 29.4 Å². The Hall–Kier alpha value is -3.76. The van der Waals surface area contributed by atoms with Crippen LogP contribution < -0.4 is 21.5 Å². The maximum Gasteiger partial charge on any atom is 2.00 e. The molecule has 1 radical (unpaired) electrons. The molecule has 165 valence electrons. The predicted octanol–water partition coefficient (Wildman–Crippen LogP) is -1.53. The van der Waals surface area contributed by atoms with Crippen molar-refractivity contribution in [2.75, 3.05) is 0 Å². The van der Waals surface area contributed by atoms with Crippen LogP contribution in [0.1, 0.15) is 20.7 Å². The molecule has 0 fully saturated rings. The number of carboxylic acids is 2. The van der Waals surface area contributed by atoms with Crippen molar-refractivity contribution >= 4 is 33.9 Å². The molecular weight excluding hydrogens is 464 g/mol. The molecule has 4 rings (SSSR count). The van der Waals surface area contributed by atoms with Crippen LogP contribution >= 0.6 is 0 Å². The van der Waals surface area contributed by atoms with Gasteiger partial charge in [0.05, 0.1) is 23.1 Å². The van der Waals surface area contributed by atoms with Crippen LogP contribution in [0.2, 0.25) is 0 Å². The molecule has 4 aromatic rings. The summed E-state index contributed by atoms with van der Waals surface area (Å²) in [5, 5.41) is 22.1. The minimum Gasteiger partial charge on any atom is -0.545 e. The summed E-state index contributed by atoms with van der Waals surface area (Å²) in [7, 11) is 0. The monoisotopic (exact) mass is 479 g/mol. The Morgan fingerprint density at radius 1 is 0.645 bits per heavy atom. The number of carbonyl (C=O) groups is 2. The molecule has 0 aliphatic carbocycles. The zero-order valence-electron chi connectivity index (χ0n) is 15.5. The van der Waals surface area contributed by atoms with E-state index >= 15 is 0 Å². The fourth-order valence-corrected chi connectivity index (χ4v) is 2.41. The summed E-state index contributed by atoms with van der Waals surface area (Å²) in [5.74, 6) is -3.05. The first kappa shape index (κ1) is 27.2. The van der Waals surface area contributed by atoms with Gasteiger partial charge in [0.2, 0.25) is 0 Å². The third kappa shape index (κ3) is 6.11. The Morgan fingerprint density at radius 2 is 0.968 bits per heavy atom. The van der Waals surface area contributed by atoms with Gasteiger partial charge < -0.3 is 39.6 Å². The first-order chi connectivity index (χ1) is 13.4. The van der Waals surface area contributed by atoms with Crippen molar-refractivity contribution < 1.29 is 56.7 Å². The van der Waals surface area contributed by atoms with Gasteiger partial charge >= 0.3 is 28.3 Å². The van der Waals surface area contributed by atoms with Gasteiger partial charge in [-0.2, -0.15) is 0 Å². The fourth-order valence-electron chi connectivity index (χ4n) is 2.41. The molecule has 10 nitrogen and oxygen atoms in total. The maximum atomic E-state index is 11.1. The largest absolute Gasteiger partial charge is 2.00 e. The molecule has 0 bridgehead atoms. The molecular formula is C20H16CuO10+2. The summed E-state index contributed by atoms with van der Waals surface area (Å²) >= 11 is 0. The van der Waals surface area contributed by atoms with Crippen molar-refractivity contribution in [3.8, 4) is 0 Å². The van der Waals surface area contributed by atoms with Crippen molar-refractivity contribution in [1.82, 2.24) is 0 Å². The first-order valence-electron chi connectivity index (χ1n) is 7.85. The quantitative estimate of drug-likeness (QED) is 0.186. The number of para-hydroxylation sites is 2. The molecule has 0 aliphatic rings. The third-order valence-corrected chi connectivity index (χ3v) is 3.72. The molecule has 0 spiro atoms. The second-order valence-corrected chi connectivity index (χ2v) is 5.55. The van der Waals surface area contributed by atoms with Crippen LogP contribution in [0.3, 0.4) is 0 Å². The molecule has 2 heterocycles. The number of hydrogen-bond donors (Lipinski definition) is 0. The molecule has 31 heavy (non-hydrogen) atoms. The van der Waals surface area contributed by atoms with Gasteiger partial charge in [-0.15, -0.1) is 0 Å². The number of fused-ring (bicyclic) bond motifs is 2. The molecule has 0 saturated heterocycles. The Balaban J connectivity index is 0.000000529. The van der Waals surface area contributed by atoms with E-state index in [0.29, 0.717) is 21.9 Å². The van der Waals surface area contributed by atoms with Crippen LogP contribution in [0.25, 0.3) is 21.9 Å². The summed E-state index contributed by atoms with van der Waals surface area (Å²) in [6.45, 7) is 0. The van der Waals surface area contributed by atoms with E-state index < -0.39 is 34.3 Å². The average molecular weight is 480 g/mol. The molecule has 0 saturated carbocycles. The van der Waals surface area contributed by atoms with E-state index in [1.165, 1.54) is 12.1 Å². The normalized spacial score (nSPS) is 9.29. The molecule has 0 aliphatic heterocycles. The van der Waals surface area contributed by atoms with E-state index in [2.05, 4.69) is 0 Å². The summed E-state index contributed by atoms with van der Waals surface area (Å²) in [4.78, 5) is 43.2. The topological polar surface area (TPSA) is 207 Å². The molecule has 0 atom stereocenters. The zero-order valence-corrected chi connectivity index (χ0v) is 16.4. The maximum absolute atomic E-state index is 11.1. The van der Waals surface area contributed by atoms with Crippen LogP contribution in [0.15, 0.2) is 79.1 Å². The minimum absolute atomic E-state index is 0. The SMILES string of the molecule is O=C([O-])c1cc2ccccc2oc1=O.O=C([O-])c1cc2ccccc2oc1=O.[Cu+2].[OH3+].[OH3+]. The zero-order chi connectivity index (χ0) is 20.3. The Morgan fingerprint density at radius 3 is 1.29 bits per heavy atom. The van der Waals surface area contributed by atoms with Crippen LogP contribution in [0.5, 0.6) is 0 Å². The van der Waals surface area contributed by atoms with Crippen LogP contribution in [-0.4, -0.2) is 11.9 Å². The minimum atomic E-state index is -1.52. The predicted molar refractivity (Wildman–Crippen MR) is 103 cm³/mol. The van der Waals surface area contributed by atoms with Crippen molar-refractivity contribution in [1.29, 1.82) is 0 Å². The molecule has 0 unspecified atom stereocenters. The van der Waals surface area contributed by atoms with E-state index in [0.717, 1.165) is 0 Å². The van der Waals surface area contributed by atoms with Gasteiger partial charge in [-0.05, 0) is 24.3 Å². The molecule has 2 aromatic heterocycles. The summed E-state index contributed by atoms with van der Waals surface area (Å²) in [6.07, 6.45) is 0. The van der Waals surface area contributed by atoms with Crippen molar-refractivity contribution in [2.24, 2.45) is 0 Å². The Kier molecular flexibility index (Phi) is 10.0. The van der Waals surface area contributed by atoms with Gasteiger partial charge in [0.25, 0.3) is 0 Å². The number of rotatable bonds is 2. The van der Waals surface area contributed by atoms with Crippen molar-refractivity contribution in [3.05, 3.63) is 92.6 Å². The Labute approximate surface area is 183 Å². The van der Waals surface area contributed by atoms with Crippen molar-refractivity contribution in [3.63, 3.8) is 0 Å². The van der Waals surface area contributed by atoms with Gasteiger partial charge in [-0.25, -0.2) is 9.59 Å². The first-order valence-corrected chi connectivity index (χ1v) is 7.85. The standard InChI is InChI=1S/2C10H6O4.Cu.2H2O/c2*11-9(12)7-5-6-3-1-2-4-8(6)14-10(7)13;;;/h2*1-5H,(H,11,12);;2*1H2/q;;+2;;. The van der Waals surface area contributed by atoms with Crippen molar-refractivity contribution in [2.45, 2.75) is 0 Å². The summed E-state index contributed by atoms with van der Waals surface area (Å²) in [6, 6.07) is 15.8. The average Bonchev–Trinajstić information content (AvgIpc) is 2.67. The summed E-state index contributed by atoms with van der Waals surface area (Å²) in [5.41, 5.74) is -1.95. The second-order valence-electron chi connectivity index (χ2n) is 5.55. The van der Waals surface area contributed by atoms with Gasteiger partial charge in [0.1, 0.15) is 11.2 Å². The van der Waals surface area contributed by atoms with Gasteiger partial charge in [-0.3, -0.25) is 0 Å². The van der Waals surface area contributed by atoms with E-state index in [1.54, 1.807) is 48.5 Å². The van der Waals surface area contributed by atoms with E-state index in [1.807, 2.05) is 0 Å². The number of benzene rings is 2. The number of carboxylic acid groups (broad SMARTS) is 2. The summed E-state index contributed by atoms with van der Waals surface area (Å²) < 4.78 is 9.56. The third-order valence-electron chi connectivity index (χ3n) is 3.72. The number of carbonyl (C=O) groups excluding carboxylic acids is 2. The molecule has 6 N–H and O–H groups in total. The van der Waals surface area contributed by atoms with Gasteiger partial charge in [0, 0.05) is 10.8 Å². The molecule has 11 heteroatoms. The number of aromatic carboxylic acids is 2. The Bertz CT molecular complexity index is 1220. The fraction of sp³-hybridized carbons (Fsp3) is 0. The van der Waals surface area contributed by atoms with Gasteiger partial charge in [-0.1, -0.05) is 36.4 Å². The van der Waals surface area contributed by atoms with Crippen LogP contribution in [-0.2, 0) is 28.0 Å². The number of hydrogen-bond acceptors (Lipinski definition) is 8. The second kappa shape index (κ2) is 11.4. The van der Waals surface area contributed by atoms with E-state index in [4.69, 9.17) is 8.83 Å². The molecule has 0 amide bonds. The smallest absolute Gasteiger partial charge is 0.545 e. The van der Waals surface area contributed by atoms with E-state index in [-0.39, 0.29) is 28.0 Å². The van der Waals surface area contributed by atoms with Crippen LogP contribution in [0.4, 0.5) is 0 Å².